The molecule has 2 aromatic rings. The quantitative estimate of drug-likeness (QED) is 0.670. The first-order chi connectivity index (χ1) is 9.60. The minimum atomic E-state index is -0.565. The molecule has 0 fully saturated rings. The van der Waals surface area contributed by atoms with E-state index in [1.54, 1.807) is 0 Å². The zero-order chi connectivity index (χ0) is 14.5. The fraction of sp³-hybridized carbons (Fsp3) is 0.0833. The molecule has 0 aliphatic rings. The Morgan fingerprint density at radius 2 is 2.15 bits per heavy atom. The molecule has 0 saturated heterocycles. The van der Waals surface area contributed by atoms with E-state index in [0.29, 0.717) is 5.88 Å². The summed E-state index contributed by atoms with van der Waals surface area (Å²) < 4.78 is 4.90. The maximum Gasteiger partial charge on any atom is 0.270 e. The number of hydrogen-bond donors (Lipinski definition) is 1. The summed E-state index contributed by atoms with van der Waals surface area (Å²) in [4.78, 5) is 29.7. The number of carbonyl (C=O) groups excluding carboxylic acids is 1. The first-order valence-electron chi connectivity index (χ1n) is 5.52. The number of nitro benzene ring substituents is 1. The van der Waals surface area contributed by atoms with Crippen LogP contribution < -0.4 is 10.1 Å². The molecule has 8 heteroatoms. The highest BCUT2D eigenvalue weighted by Crippen LogP contribution is 2.15. The largest absolute Gasteiger partial charge is 0.481 e. The lowest BCUT2D eigenvalue weighted by Gasteiger charge is -2.05. The Bertz CT molecular complexity index is 659. The summed E-state index contributed by atoms with van der Waals surface area (Å²) in [6.45, 7) is 0. The maximum absolute atomic E-state index is 12.0. The van der Waals surface area contributed by atoms with Crippen LogP contribution in [0.15, 0.2) is 36.7 Å². The molecular weight excluding hydrogens is 264 g/mol. The van der Waals surface area contributed by atoms with Gasteiger partial charge in [-0.15, -0.1) is 0 Å². The number of nitrogens with one attached hydrogen (secondary N) is 1. The van der Waals surface area contributed by atoms with Gasteiger partial charge in [0.1, 0.15) is 12.1 Å². The van der Waals surface area contributed by atoms with Crippen molar-refractivity contribution in [1.82, 2.24) is 9.97 Å². The Balaban J connectivity index is 2.19. The van der Waals surface area contributed by atoms with Crippen LogP contribution in [0, 0.1) is 10.1 Å². The molecule has 0 saturated carbocycles. The lowest BCUT2D eigenvalue weighted by molar-refractivity contribution is -0.384. The second-order valence-corrected chi connectivity index (χ2v) is 3.71. The summed E-state index contributed by atoms with van der Waals surface area (Å²) in [6.07, 6.45) is 1.24. The number of ether oxygens (including phenoxy) is 1. The summed E-state index contributed by atoms with van der Waals surface area (Å²) in [5, 5.41) is 13.2. The van der Waals surface area contributed by atoms with Crippen LogP contribution in [-0.4, -0.2) is 27.9 Å². The number of hydrogen-bond acceptors (Lipinski definition) is 6. The van der Waals surface area contributed by atoms with Crippen LogP contribution in [0.4, 0.5) is 11.5 Å². The Hall–Kier alpha value is -3.03. The average molecular weight is 274 g/mol. The van der Waals surface area contributed by atoms with E-state index >= 15 is 0 Å². The highest BCUT2D eigenvalue weighted by Gasteiger charge is 2.12. The van der Waals surface area contributed by atoms with Crippen LogP contribution in [0.1, 0.15) is 10.4 Å². The van der Waals surface area contributed by atoms with Crippen molar-refractivity contribution in [3.05, 3.63) is 52.3 Å². The molecule has 1 amide bonds. The van der Waals surface area contributed by atoms with Gasteiger partial charge >= 0.3 is 0 Å². The number of nitrogens with zero attached hydrogens (tertiary/aromatic N) is 3. The smallest absolute Gasteiger partial charge is 0.270 e. The van der Waals surface area contributed by atoms with E-state index in [0.717, 1.165) is 0 Å². The molecule has 1 aromatic carbocycles. The van der Waals surface area contributed by atoms with Crippen molar-refractivity contribution >= 4 is 17.4 Å². The first kappa shape index (κ1) is 13.4. The molecule has 8 nitrogen and oxygen atoms in total. The molecule has 0 bridgehead atoms. The standard InChI is InChI=1S/C12H10N4O4/c1-20-11-6-10(13-7-14-11)15-12(17)8-3-2-4-9(5-8)16(18)19/h2-7H,1H3,(H,13,14,15,17). The molecule has 1 N–H and O–H groups in total. The Morgan fingerprint density at radius 3 is 2.85 bits per heavy atom. The van der Waals surface area contributed by atoms with Gasteiger partial charge < -0.3 is 10.1 Å². The Kier molecular flexibility index (Phi) is 3.85. The van der Waals surface area contributed by atoms with E-state index in [9.17, 15) is 14.9 Å². The number of benzene rings is 1. The zero-order valence-electron chi connectivity index (χ0n) is 10.4. The van der Waals surface area contributed by atoms with Crippen LogP contribution in [0.2, 0.25) is 0 Å². The van der Waals surface area contributed by atoms with Crippen LogP contribution in [-0.2, 0) is 0 Å². The lowest BCUT2D eigenvalue weighted by Crippen LogP contribution is -2.13. The van der Waals surface area contributed by atoms with Gasteiger partial charge in [-0.05, 0) is 6.07 Å². The van der Waals surface area contributed by atoms with Crippen LogP contribution in [0.3, 0.4) is 0 Å². The lowest BCUT2D eigenvalue weighted by atomic mass is 10.2. The Morgan fingerprint density at radius 1 is 1.35 bits per heavy atom. The molecule has 0 aliphatic heterocycles. The number of amides is 1. The highest BCUT2D eigenvalue weighted by molar-refractivity contribution is 6.04. The monoisotopic (exact) mass is 274 g/mol. The molecule has 2 rings (SSSR count). The number of rotatable bonds is 4. The first-order valence-corrected chi connectivity index (χ1v) is 5.52. The number of non-ortho nitro benzene ring substituents is 1. The number of anilines is 1. The summed E-state index contributed by atoms with van der Waals surface area (Å²) in [5.41, 5.74) is 0.00898. The fourth-order valence-corrected chi connectivity index (χ4v) is 1.47. The maximum atomic E-state index is 12.0. The van der Waals surface area contributed by atoms with Crippen molar-refractivity contribution in [3.8, 4) is 5.88 Å². The summed E-state index contributed by atoms with van der Waals surface area (Å²) in [5.74, 6) is 0.0390. The van der Waals surface area contributed by atoms with E-state index in [4.69, 9.17) is 4.74 Å². The zero-order valence-corrected chi connectivity index (χ0v) is 10.4. The molecule has 1 aromatic heterocycles. The molecule has 0 aliphatic carbocycles. The molecule has 0 unspecified atom stereocenters. The van der Waals surface area contributed by atoms with Gasteiger partial charge in [-0.1, -0.05) is 6.07 Å². The van der Waals surface area contributed by atoms with Crippen molar-refractivity contribution in [3.63, 3.8) is 0 Å². The Labute approximate surface area is 113 Å². The fourth-order valence-electron chi connectivity index (χ4n) is 1.47. The number of carbonyl (C=O) groups is 1. The van der Waals surface area contributed by atoms with Crippen LogP contribution >= 0.6 is 0 Å². The van der Waals surface area contributed by atoms with Crippen molar-refractivity contribution in [2.24, 2.45) is 0 Å². The second-order valence-electron chi connectivity index (χ2n) is 3.71. The van der Waals surface area contributed by atoms with Gasteiger partial charge in [0.25, 0.3) is 11.6 Å². The molecule has 20 heavy (non-hydrogen) atoms. The van der Waals surface area contributed by atoms with Gasteiger partial charge in [0, 0.05) is 23.8 Å². The number of nitro groups is 1. The van der Waals surface area contributed by atoms with Crippen LogP contribution in [0.25, 0.3) is 0 Å². The van der Waals surface area contributed by atoms with Crippen molar-refractivity contribution in [1.29, 1.82) is 0 Å². The number of aromatic nitrogens is 2. The van der Waals surface area contributed by atoms with E-state index in [1.165, 1.54) is 43.8 Å². The summed E-state index contributed by atoms with van der Waals surface area (Å²) in [7, 11) is 1.44. The third-order valence-electron chi connectivity index (χ3n) is 2.41. The molecule has 0 spiro atoms. The van der Waals surface area contributed by atoms with Gasteiger partial charge in [0.2, 0.25) is 5.88 Å². The van der Waals surface area contributed by atoms with Crippen LogP contribution in [0.5, 0.6) is 5.88 Å². The topological polar surface area (TPSA) is 107 Å². The SMILES string of the molecule is COc1cc(NC(=O)c2cccc([N+](=O)[O-])c2)ncn1. The third-order valence-corrected chi connectivity index (χ3v) is 2.41. The van der Waals surface area contributed by atoms with E-state index < -0.39 is 10.8 Å². The van der Waals surface area contributed by atoms with Gasteiger partial charge in [-0.3, -0.25) is 14.9 Å². The van der Waals surface area contributed by atoms with E-state index in [2.05, 4.69) is 15.3 Å². The average Bonchev–Trinajstić information content (AvgIpc) is 2.47. The molecule has 1 heterocycles. The second kappa shape index (κ2) is 5.74. The van der Waals surface area contributed by atoms with Gasteiger partial charge in [0.05, 0.1) is 12.0 Å². The van der Waals surface area contributed by atoms with Crippen molar-refractivity contribution in [2.75, 3.05) is 12.4 Å². The minimum Gasteiger partial charge on any atom is -0.481 e. The third kappa shape index (κ3) is 3.05. The van der Waals surface area contributed by atoms with E-state index in [1.807, 2.05) is 0 Å². The summed E-state index contributed by atoms with van der Waals surface area (Å²) in [6, 6.07) is 6.85. The van der Waals surface area contributed by atoms with Gasteiger partial charge in [-0.25, -0.2) is 9.97 Å². The van der Waals surface area contributed by atoms with Gasteiger partial charge in [-0.2, -0.15) is 0 Å². The van der Waals surface area contributed by atoms with Crippen molar-refractivity contribution in [2.45, 2.75) is 0 Å². The van der Waals surface area contributed by atoms with Gasteiger partial charge in [0.15, 0.2) is 0 Å². The minimum absolute atomic E-state index is 0.155. The predicted octanol–water partition coefficient (Wildman–Crippen LogP) is 1.65. The summed E-state index contributed by atoms with van der Waals surface area (Å²) >= 11 is 0. The normalized spacial score (nSPS) is 9.85. The van der Waals surface area contributed by atoms with E-state index in [-0.39, 0.29) is 17.1 Å². The molecule has 102 valence electrons. The predicted molar refractivity (Wildman–Crippen MR) is 69.6 cm³/mol. The molecule has 0 radical (unpaired) electrons. The van der Waals surface area contributed by atoms with Crippen molar-refractivity contribution < 1.29 is 14.5 Å². The molecule has 0 atom stereocenters. The highest BCUT2D eigenvalue weighted by atomic mass is 16.6. The number of methoxy groups -OCH3 is 1. The molecular formula is C12H10N4O4.